The van der Waals surface area contributed by atoms with Crippen molar-refractivity contribution in [1.82, 2.24) is 25.7 Å². The minimum absolute atomic E-state index is 0. The van der Waals surface area contributed by atoms with Crippen LogP contribution in [0.25, 0.3) is 0 Å². The predicted molar refractivity (Wildman–Crippen MR) is 124 cm³/mol. The Hall–Kier alpha value is -1.72. The van der Waals surface area contributed by atoms with E-state index < -0.39 is 0 Å². The van der Waals surface area contributed by atoms with E-state index in [1.54, 1.807) is 0 Å². The molecule has 0 unspecified atom stereocenters. The third-order valence-electron chi connectivity index (χ3n) is 4.57. The molecule has 1 aliphatic heterocycles. The van der Waals surface area contributed by atoms with Crippen LogP contribution in [-0.4, -0.2) is 60.4 Å². The topological polar surface area (TPSA) is 87.8 Å². The van der Waals surface area contributed by atoms with Gasteiger partial charge in [0.25, 0.3) is 0 Å². The van der Waals surface area contributed by atoms with Crippen molar-refractivity contribution in [2.45, 2.75) is 33.4 Å². The molecule has 0 amide bonds. The van der Waals surface area contributed by atoms with Crippen LogP contribution in [0.4, 0.5) is 0 Å². The molecular weight excluding hydrogens is 483 g/mol. The Bertz CT molecular complexity index is 761. The quantitative estimate of drug-likeness (QED) is 0.317. The van der Waals surface area contributed by atoms with Crippen LogP contribution in [0, 0.1) is 6.92 Å². The zero-order chi connectivity index (χ0) is 19.6. The lowest BCUT2D eigenvalue weighted by atomic mass is 10.1. The number of morpholine rings is 1. The second kappa shape index (κ2) is 12.8. The molecule has 1 saturated heterocycles. The second-order valence-electron chi connectivity index (χ2n) is 6.76. The van der Waals surface area contributed by atoms with Gasteiger partial charge in [0, 0.05) is 39.1 Å². The summed E-state index contributed by atoms with van der Waals surface area (Å²) in [6.45, 7) is 10.5. The zero-order valence-electron chi connectivity index (χ0n) is 17.2. The molecule has 0 spiro atoms. The van der Waals surface area contributed by atoms with Gasteiger partial charge in [-0.05, 0) is 25.0 Å². The van der Waals surface area contributed by atoms with Gasteiger partial charge in [0.2, 0.25) is 5.89 Å². The lowest BCUT2D eigenvalue weighted by Gasteiger charge is -2.27. The van der Waals surface area contributed by atoms with Crippen molar-refractivity contribution in [3.63, 3.8) is 0 Å². The summed E-state index contributed by atoms with van der Waals surface area (Å²) in [5.41, 5.74) is 2.57. The summed E-state index contributed by atoms with van der Waals surface area (Å²) in [5, 5.41) is 10.4. The normalized spacial score (nSPS) is 15.0. The molecular formula is C20H31IN6O2. The van der Waals surface area contributed by atoms with Crippen LogP contribution >= 0.6 is 24.0 Å². The highest BCUT2D eigenvalue weighted by Crippen LogP contribution is 2.14. The molecule has 0 atom stereocenters. The van der Waals surface area contributed by atoms with E-state index in [4.69, 9.17) is 14.3 Å². The van der Waals surface area contributed by atoms with E-state index in [2.05, 4.69) is 56.9 Å². The molecule has 2 aromatic rings. The largest absolute Gasteiger partial charge is 0.379 e. The monoisotopic (exact) mass is 514 g/mol. The third-order valence-corrected chi connectivity index (χ3v) is 4.57. The molecule has 0 aliphatic carbocycles. The van der Waals surface area contributed by atoms with E-state index in [1.807, 2.05) is 6.92 Å². The SMILES string of the molecule is CCNC(=NCc1ccccc1CN1CCOCC1)NCCc1nc(C)no1.I. The second-order valence-corrected chi connectivity index (χ2v) is 6.76. The van der Waals surface area contributed by atoms with Gasteiger partial charge in [0.05, 0.1) is 19.8 Å². The molecule has 0 bridgehead atoms. The van der Waals surface area contributed by atoms with Crippen LogP contribution in [0.2, 0.25) is 0 Å². The predicted octanol–water partition coefficient (Wildman–Crippen LogP) is 2.13. The smallest absolute Gasteiger partial charge is 0.228 e. The summed E-state index contributed by atoms with van der Waals surface area (Å²) in [4.78, 5) is 11.4. The van der Waals surface area contributed by atoms with E-state index in [0.717, 1.165) is 45.4 Å². The van der Waals surface area contributed by atoms with Crippen LogP contribution < -0.4 is 10.6 Å². The summed E-state index contributed by atoms with van der Waals surface area (Å²) in [6.07, 6.45) is 0.666. The molecule has 1 aromatic carbocycles. The van der Waals surface area contributed by atoms with E-state index in [9.17, 15) is 0 Å². The maximum atomic E-state index is 5.45. The number of rotatable bonds is 8. The first-order valence-electron chi connectivity index (χ1n) is 9.93. The lowest BCUT2D eigenvalue weighted by molar-refractivity contribution is 0.0341. The number of nitrogens with zero attached hydrogens (tertiary/aromatic N) is 4. The van der Waals surface area contributed by atoms with Crippen molar-refractivity contribution in [3.05, 3.63) is 47.1 Å². The number of aromatic nitrogens is 2. The van der Waals surface area contributed by atoms with Crippen molar-refractivity contribution >= 4 is 29.9 Å². The summed E-state index contributed by atoms with van der Waals surface area (Å²) in [7, 11) is 0. The standard InChI is InChI=1S/C20H30N6O2.HI/c1-3-21-20(22-9-8-19-24-16(2)25-28-19)23-14-17-6-4-5-7-18(17)15-26-10-12-27-13-11-26;/h4-7H,3,8-15H2,1-2H3,(H2,21,22,23);1H. The fourth-order valence-electron chi connectivity index (χ4n) is 3.10. The Kier molecular flexibility index (Phi) is 10.4. The van der Waals surface area contributed by atoms with Gasteiger partial charge in [-0.1, -0.05) is 29.4 Å². The molecule has 2 heterocycles. The van der Waals surface area contributed by atoms with Crippen LogP contribution in [0.3, 0.4) is 0 Å². The van der Waals surface area contributed by atoms with Gasteiger partial charge in [0.15, 0.2) is 11.8 Å². The number of halogens is 1. The maximum Gasteiger partial charge on any atom is 0.228 e. The number of nitrogens with one attached hydrogen (secondary N) is 2. The van der Waals surface area contributed by atoms with E-state index >= 15 is 0 Å². The number of benzene rings is 1. The van der Waals surface area contributed by atoms with E-state index in [0.29, 0.717) is 31.2 Å². The number of hydrogen-bond donors (Lipinski definition) is 2. The first kappa shape index (κ1) is 23.6. The fraction of sp³-hybridized carbons (Fsp3) is 0.550. The maximum absolute atomic E-state index is 5.45. The highest BCUT2D eigenvalue weighted by atomic mass is 127. The van der Waals surface area contributed by atoms with Crippen molar-refractivity contribution in [2.24, 2.45) is 4.99 Å². The van der Waals surface area contributed by atoms with Crippen molar-refractivity contribution in [3.8, 4) is 0 Å². The summed E-state index contributed by atoms with van der Waals surface area (Å²) in [6, 6.07) is 8.52. The molecule has 3 rings (SSSR count). The fourth-order valence-corrected chi connectivity index (χ4v) is 3.10. The average molecular weight is 514 g/mol. The van der Waals surface area contributed by atoms with Gasteiger partial charge in [-0.25, -0.2) is 4.99 Å². The van der Waals surface area contributed by atoms with Gasteiger partial charge in [-0.3, -0.25) is 4.90 Å². The molecule has 1 fully saturated rings. The van der Waals surface area contributed by atoms with Gasteiger partial charge in [-0.15, -0.1) is 24.0 Å². The number of aryl methyl sites for hydroxylation is 1. The summed E-state index contributed by atoms with van der Waals surface area (Å²) < 4.78 is 10.6. The van der Waals surface area contributed by atoms with Crippen LogP contribution in [0.5, 0.6) is 0 Å². The van der Waals surface area contributed by atoms with Crippen molar-refractivity contribution < 1.29 is 9.26 Å². The minimum atomic E-state index is 0. The number of hydrogen-bond acceptors (Lipinski definition) is 6. The average Bonchev–Trinajstić information content (AvgIpc) is 3.13. The van der Waals surface area contributed by atoms with E-state index in [-0.39, 0.29) is 24.0 Å². The molecule has 1 aliphatic rings. The Morgan fingerprint density at radius 2 is 1.93 bits per heavy atom. The minimum Gasteiger partial charge on any atom is -0.379 e. The van der Waals surface area contributed by atoms with Gasteiger partial charge in [0.1, 0.15) is 0 Å². The number of aliphatic imine (C=N–C) groups is 1. The molecule has 0 radical (unpaired) electrons. The van der Waals surface area contributed by atoms with Crippen molar-refractivity contribution in [2.75, 3.05) is 39.4 Å². The number of guanidine groups is 1. The van der Waals surface area contributed by atoms with Crippen molar-refractivity contribution in [1.29, 1.82) is 0 Å². The first-order valence-corrected chi connectivity index (χ1v) is 9.93. The van der Waals surface area contributed by atoms with Gasteiger partial charge in [-0.2, -0.15) is 4.98 Å². The highest BCUT2D eigenvalue weighted by molar-refractivity contribution is 14.0. The highest BCUT2D eigenvalue weighted by Gasteiger charge is 2.12. The molecule has 29 heavy (non-hydrogen) atoms. The Morgan fingerprint density at radius 3 is 2.62 bits per heavy atom. The summed E-state index contributed by atoms with van der Waals surface area (Å²) in [5.74, 6) is 2.09. The number of ether oxygens (including phenoxy) is 1. The van der Waals surface area contributed by atoms with Gasteiger partial charge >= 0.3 is 0 Å². The molecule has 9 heteroatoms. The molecule has 2 N–H and O–H groups in total. The van der Waals surface area contributed by atoms with Crippen LogP contribution in [-0.2, 0) is 24.2 Å². The zero-order valence-corrected chi connectivity index (χ0v) is 19.5. The first-order chi connectivity index (χ1) is 13.7. The Morgan fingerprint density at radius 1 is 1.17 bits per heavy atom. The molecule has 160 valence electrons. The molecule has 0 saturated carbocycles. The summed E-state index contributed by atoms with van der Waals surface area (Å²) >= 11 is 0. The van der Waals surface area contributed by atoms with E-state index in [1.165, 1.54) is 11.1 Å². The molecule has 8 nitrogen and oxygen atoms in total. The van der Waals surface area contributed by atoms with Gasteiger partial charge < -0.3 is 19.9 Å². The lowest BCUT2D eigenvalue weighted by Crippen LogP contribution is -2.38. The van der Waals surface area contributed by atoms with Crippen LogP contribution in [0.1, 0.15) is 29.8 Å². The molecule has 1 aromatic heterocycles. The third kappa shape index (κ3) is 7.90. The Balaban J connectivity index is 0.00000300. The van der Waals surface area contributed by atoms with Crippen LogP contribution in [0.15, 0.2) is 33.8 Å². The Labute approximate surface area is 189 Å².